The molecule has 3 nitrogen and oxygen atoms in total. The number of hydrogen-bond acceptors (Lipinski definition) is 2. The minimum atomic E-state index is 0.958. The number of pyridine rings is 1. The third-order valence-corrected chi connectivity index (χ3v) is 8.95. The molecule has 0 amide bonds. The number of aryl methyl sites for hydroxylation is 1. The predicted molar refractivity (Wildman–Crippen MR) is 200 cm³/mol. The number of benzene rings is 5. The highest BCUT2D eigenvalue weighted by Gasteiger charge is 2.25. The number of aromatic nitrogens is 2. The zero-order chi connectivity index (χ0) is 32.2. The van der Waals surface area contributed by atoms with Gasteiger partial charge in [-0.05, 0) is 103 Å². The molecule has 2 heterocycles. The second-order valence-corrected chi connectivity index (χ2v) is 11.6. The van der Waals surface area contributed by atoms with Gasteiger partial charge in [-0.3, -0.25) is 4.98 Å². The molecule has 8 rings (SSSR count). The molecule has 7 aromatic rings. The third kappa shape index (κ3) is 5.66. The molecule has 0 spiro atoms. The Kier molecular flexibility index (Phi) is 8.53. The van der Waals surface area contributed by atoms with Crippen LogP contribution in [0.4, 0.5) is 17.1 Å². The summed E-state index contributed by atoms with van der Waals surface area (Å²) in [6.07, 6.45) is 8.08. The van der Waals surface area contributed by atoms with Gasteiger partial charge in [0.2, 0.25) is 0 Å². The summed E-state index contributed by atoms with van der Waals surface area (Å²) in [5, 5.41) is 1.29. The highest BCUT2D eigenvalue weighted by molar-refractivity contribution is 6.01. The van der Waals surface area contributed by atoms with E-state index < -0.39 is 0 Å². The zero-order valence-electron chi connectivity index (χ0n) is 27.3. The monoisotopic (exact) mass is 609 g/mol. The van der Waals surface area contributed by atoms with E-state index in [0.717, 1.165) is 18.5 Å². The minimum Gasteiger partial charge on any atom is -0.313 e. The van der Waals surface area contributed by atoms with E-state index in [1.165, 1.54) is 67.0 Å². The van der Waals surface area contributed by atoms with Crippen molar-refractivity contribution in [1.82, 2.24) is 9.55 Å². The van der Waals surface area contributed by atoms with Gasteiger partial charge in [0, 0.05) is 51.7 Å². The fraction of sp³-hybridized carbons (Fsp3) is 0.114. The molecular formula is C44H39N3. The highest BCUT2D eigenvalue weighted by Crippen LogP contribution is 2.44. The highest BCUT2D eigenvalue weighted by atomic mass is 15.1. The normalized spacial score (nSPS) is 12.1. The first kappa shape index (κ1) is 30.0. The Morgan fingerprint density at radius 2 is 1.32 bits per heavy atom. The standard InChI is InChI=1S/C42H33N3.C2H6/c1-30-12-5-8-19-39(30)44(34-14-3-2-4-15-34)40-20-9-6-17-36(40)33-22-23-42-38(29-33)37-18-7-10-21-41(37)45(42)35-16-11-13-32(28-35)31-24-26-43-27-25-31;1-2/h2-21,24-29H,22-23H2,1H3;1-2H3. The van der Waals surface area contributed by atoms with Crippen LogP contribution in [0.15, 0.2) is 152 Å². The van der Waals surface area contributed by atoms with Crippen LogP contribution in [-0.2, 0) is 6.42 Å². The van der Waals surface area contributed by atoms with Crippen molar-refractivity contribution in [2.24, 2.45) is 0 Å². The largest absolute Gasteiger partial charge is 0.313 e. The Labute approximate surface area is 278 Å². The summed E-state index contributed by atoms with van der Waals surface area (Å²) >= 11 is 0. The first-order valence-corrected chi connectivity index (χ1v) is 16.6. The van der Waals surface area contributed by atoms with Gasteiger partial charge < -0.3 is 9.47 Å². The van der Waals surface area contributed by atoms with E-state index in [2.05, 4.69) is 167 Å². The Morgan fingerprint density at radius 1 is 0.617 bits per heavy atom. The van der Waals surface area contributed by atoms with Crippen LogP contribution in [0.5, 0.6) is 0 Å². The second kappa shape index (κ2) is 13.4. The number of para-hydroxylation sites is 4. The van der Waals surface area contributed by atoms with Gasteiger partial charge in [-0.25, -0.2) is 0 Å². The van der Waals surface area contributed by atoms with Crippen LogP contribution >= 0.6 is 0 Å². The maximum Gasteiger partial charge on any atom is 0.0537 e. The number of hydrogen-bond donors (Lipinski definition) is 0. The molecule has 0 radical (unpaired) electrons. The fourth-order valence-electron chi connectivity index (χ4n) is 6.84. The van der Waals surface area contributed by atoms with Crippen molar-refractivity contribution in [2.75, 3.05) is 4.90 Å². The van der Waals surface area contributed by atoms with E-state index >= 15 is 0 Å². The Hall–Kier alpha value is -5.67. The summed E-state index contributed by atoms with van der Waals surface area (Å²) < 4.78 is 2.47. The van der Waals surface area contributed by atoms with E-state index in [1.54, 1.807) is 0 Å². The van der Waals surface area contributed by atoms with Crippen LogP contribution in [0.25, 0.3) is 39.4 Å². The first-order chi connectivity index (χ1) is 23.3. The topological polar surface area (TPSA) is 21.1 Å². The molecule has 1 aliphatic rings. The molecule has 0 saturated heterocycles. The number of anilines is 3. The molecule has 1 aliphatic carbocycles. The summed E-state index contributed by atoms with van der Waals surface area (Å²) in [7, 11) is 0. The van der Waals surface area contributed by atoms with Gasteiger partial charge in [-0.2, -0.15) is 0 Å². The average Bonchev–Trinajstić information content (AvgIpc) is 3.48. The first-order valence-electron chi connectivity index (χ1n) is 16.6. The molecule has 0 aliphatic heterocycles. The van der Waals surface area contributed by atoms with Crippen molar-refractivity contribution >= 4 is 39.6 Å². The van der Waals surface area contributed by atoms with E-state index in [-0.39, 0.29) is 0 Å². The van der Waals surface area contributed by atoms with Crippen LogP contribution < -0.4 is 4.90 Å². The lowest BCUT2D eigenvalue weighted by Crippen LogP contribution is -2.14. The molecule has 0 unspecified atom stereocenters. The second-order valence-electron chi connectivity index (χ2n) is 11.6. The van der Waals surface area contributed by atoms with Crippen molar-refractivity contribution in [3.63, 3.8) is 0 Å². The molecule has 3 heteroatoms. The van der Waals surface area contributed by atoms with Crippen molar-refractivity contribution in [1.29, 1.82) is 0 Å². The van der Waals surface area contributed by atoms with Crippen molar-refractivity contribution in [3.05, 3.63) is 174 Å². The van der Waals surface area contributed by atoms with Gasteiger partial charge in [0.25, 0.3) is 0 Å². The van der Waals surface area contributed by atoms with Crippen molar-refractivity contribution in [3.8, 4) is 16.8 Å². The van der Waals surface area contributed by atoms with Crippen LogP contribution in [0.3, 0.4) is 0 Å². The summed E-state index contributed by atoms with van der Waals surface area (Å²) in [5.41, 5.74) is 14.9. The third-order valence-electron chi connectivity index (χ3n) is 8.95. The molecule has 0 atom stereocenters. The summed E-state index contributed by atoms with van der Waals surface area (Å²) in [5.74, 6) is 0. The maximum absolute atomic E-state index is 4.21. The van der Waals surface area contributed by atoms with Crippen LogP contribution in [-0.4, -0.2) is 9.55 Å². The van der Waals surface area contributed by atoms with Crippen LogP contribution in [0.1, 0.15) is 42.7 Å². The quantitative estimate of drug-likeness (QED) is 0.187. The van der Waals surface area contributed by atoms with E-state index in [4.69, 9.17) is 0 Å². The molecule has 0 fully saturated rings. The summed E-state index contributed by atoms with van der Waals surface area (Å²) in [4.78, 5) is 6.63. The Balaban J connectivity index is 0.00000172. The lowest BCUT2D eigenvalue weighted by Gasteiger charge is -2.30. The molecule has 0 N–H and O–H groups in total. The minimum absolute atomic E-state index is 0.958. The van der Waals surface area contributed by atoms with Gasteiger partial charge in [0.15, 0.2) is 0 Å². The predicted octanol–water partition coefficient (Wildman–Crippen LogP) is 12.0. The lowest BCUT2D eigenvalue weighted by molar-refractivity contribution is 0.898. The maximum atomic E-state index is 4.21. The van der Waals surface area contributed by atoms with Crippen LogP contribution in [0, 0.1) is 6.92 Å². The summed E-state index contributed by atoms with van der Waals surface area (Å²) in [6.45, 7) is 6.19. The van der Waals surface area contributed by atoms with Gasteiger partial charge in [-0.15, -0.1) is 0 Å². The van der Waals surface area contributed by atoms with Gasteiger partial charge >= 0.3 is 0 Å². The Bertz CT molecular complexity index is 2170. The molecule has 5 aromatic carbocycles. The smallest absolute Gasteiger partial charge is 0.0537 e. The molecule has 230 valence electrons. The molecule has 0 saturated carbocycles. The van der Waals surface area contributed by atoms with E-state index in [9.17, 15) is 0 Å². The lowest BCUT2D eigenvalue weighted by atomic mass is 9.90. The number of fused-ring (bicyclic) bond motifs is 3. The molecular weight excluding hydrogens is 571 g/mol. The Morgan fingerprint density at radius 3 is 2.13 bits per heavy atom. The summed E-state index contributed by atoms with van der Waals surface area (Å²) in [6, 6.07) is 50.1. The van der Waals surface area contributed by atoms with E-state index in [0.29, 0.717) is 0 Å². The number of allylic oxidation sites excluding steroid dienone is 1. The molecule has 2 aromatic heterocycles. The average molecular weight is 610 g/mol. The number of nitrogens with zero attached hydrogens (tertiary/aromatic N) is 3. The number of rotatable bonds is 6. The van der Waals surface area contributed by atoms with Gasteiger partial charge in [-0.1, -0.05) is 98.8 Å². The molecule has 0 bridgehead atoms. The van der Waals surface area contributed by atoms with Gasteiger partial charge in [0.1, 0.15) is 0 Å². The van der Waals surface area contributed by atoms with Gasteiger partial charge in [0.05, 0.1) is 11.2 Å². The van der Waals surface area contributed by atoms with E-state index in [1.807, 2.05) is 26.2 Å². The molecule has 47 heavy (non-hydrogen) atoms. The zero-order valence-corrected chi connectivity index (χ0v) is 27.3. The fourth-order valence-corrected chi connectivity index (χ4v) is 6.84. The SMILES string of the molecule is CC.Cc1ccccc1N(c1ccccc1)c1ccccc1C1=Cc2c(n(-c3cccc(-c4ccncc4)c3)c3ccccc23)CC1. The van der Waals surface area contributed by atoms with Crippen molar-refractivity contribution in [2.45, 2.75) is 33.6 Å². The van der Waals surface area contributed by atoms with Crippen LogP contribution in [0.2, 0.25) is 0 Å². The van der Waals surface area contributed by atoms with Crippen molar-refractivity contribution < 1.29 is 0 Å².